The van der Waals surface area contributed by atoms with Gasteiger partial charge in [-0.3, -0.25) is 19.6 Å². The van der Waals surface area contributed by atoms with Gasteiger partial charge in [-0.1, -0.05) is 0 Å². The second-order valence-electron chi connectivity index (χ2n) is 8.27. The predicted molar refractivity (Wildman–Crippen MR) is 112 cm³/mol. The average Bonchev–Trinajstić information content (AvgIpc) is 3.29. The summed E-state index contributed by atoms with van der Waals surface area (Å²) in [5.41, 5.74) is 1.34. The second-order valence-corrected chi connectivity index (χ2v) is 8.27. The highest BCUT2D eigenvalue weighted by Gasteiger charge is 2.31. The molecule has 4 rings (SSSR count). The van der Waals surface area contributed by atoms with Crippen LogP contribution in [0.25, 0.3) is 0 Å². The summed E-state index contributed by atoms with van der Waals surface area (Å²) in [6.07, 6.45) is 12.6. The molecule has 156 valence electrons. The molecule has 7 heteroatoms. The zero-order chi connectivity index (χ0) is 19.9. The van der Waals surface area contributed by atoms with Gasteiger partial charge in [0.2, 0.25) is 5.91 Å². The van der Waals surface area contributed by atoms with Gasteiger partial charge < -0.3 is 10.3 Å². The van der Waals surface area contributed by atoms with Crippen LogP contribution in [0, 0.1) is 5.92 Å². The number of H-pyrrole nitrogens is 1. The number of rotatable bonds is 7. The highest BCUT2D eigenvalue weighted by Crippen LogP contribution is 2.24. The number of hydrogen-bond donors (Lipinski definition) is 2. The average molecular weight is 397 g/mol. The molecule has 2 N–H and O–H groups in total. The third-order valence-corrected chi connectivity index (χ3v) is 6.27. The number of nitrogens with zero attached hydrogens (tertiary/aromatic N) is 4. The molecule has 1 unspecified atom stereocenters. The molecule has 2 saturated heterocycles. The summed E-state index contributed by atoms with van der Waals surface area (Å²) in [5, 5.41) is 3.11. The third kappa shape index (κ3) is 5.64. The lowest BCUT2D eigenvalue weighted by atomic mass is 9.93. The monoisotopic (exact) mass is 396 g/mol. The van der Waals surface area contributed by atoms with Crippen LogP contribution in [0.3, 0.4) is 0 Å². The fraction of sp³-hybridized carbons (Fsp3) is 0.591. The number of piperidine rings is 2. The van der Waals surface area contributed by atoms with Crippen molar-refractivity contribution in [2.24, 2.45) is 5.92 Å². The summed E-state index contributed by atoms with van der Waals surface area (Å²) in [5.74, 6) is 1.25. The Hall–Kier alpha value is -2.25. The fourth-order valence-corrected chi connectivity index (χ4v) is 4.62. The van der Waals surface area contributed by atoms with Crippen LogP contribution in [0.5, 0.6) is 0 Å². The number of aromatic amines is 1. The molecule has 2 fully saturated rings. The standard InChI is InChI=1S/C22H32N6O/c29-22(26-10-5-21-24-11-12-25-21)19-2-1-13-28(17-19)20-6-14-27(15-7-20)16-18-3-8-23-9-4-18/h3-4,8-9,11-12,19-20H,1-2,5-7,10,13-17H2,(H,24,25)(H,26,29). The van der Waals surface area contributed by atoms with Gasteiger partial charge in [-0.05, 0) is 63.0 Å². The largest absolute Gasteiger partial charge is 0.355 e. The number of carbonyl (C=O) groups is 1. The molecular weight excluding hydrogens is 364 g/mol. The third-order valence-electron chi connectivity index (χ3n) is 6.27. The van der Waals surface area contributed by atoms with Gasteiger partial charge in [0.05, 0.1) is 5.92 Å². The molecule has 2 aliphatic rings. The van der Waals surface area contributed by atoms with E-state index >= 15 is 0 Å². The Kier molecular flexibility index (Phi) is 6.90. The molecule has 0 radical (unpaired) electrons. The van der Waals surface area contributed by atoms with E-state index in [1.807, 2.05) is 18.6 Å². The number of carbonyl (C=O) groups excluding carboxylic acids is 1. The van der Waals surface area contributed by atoms with Crippen molar-refractivity contribution in [3.8, 4) is 0 Å². The van der Waals surface area contributed by atoms with Crippen LogP contribution in [0.15, 0.2) is 36.9 Å². The Morgan fingerprint density at radius 2 is 1.97 bits per heavy atom. The van der Waals surface area contributed by atoms with Gasteiger partial charge >= 0.3 is 0 Å². The topological polar surface area (TPSA) is 77.2 Å². The highest BCUT2D eigenvalue weighted by molar-refractivity contribution is 5.78. The van der Waals surface area contributed by atoms with E-state index in [1.165, 1.54) is 18.4 Å². The highest BCUT2D eigenvalue weighted by atomic mass is 16.1. The Labute approximate surface area is 172 Å². The smallest absolute Gasteiger partial charge is 0.224 e. The molecule has 1 amide bonds. The fourth-order valence-electron chi connectivity index (χ4n) is 4.62. The second kappa shape index (κ2) is 9.98. The first-order valence-corrected chi connectivity index (χ1v) is 10.9. The maximum atomic E-state index is 12.6. The van der Waals surface area contributed by atoms with E-state index in [9.17, 15) is 4.79 Å². The summed E-state index contributed by atoms with van der Waals surface area (Å²) >= 11 is 0. The molecule has 4 heterocycles. The van der Waals surface area contributed by atoms with E-state index in [4.69, 9.17) is 0 Å². The van der Waals surface area contributed by atoms with Gasteiger partial charge in [0.15, 0.2) is 0 Å². The van der Waals surface area contributed by atoms with Gasteiger partial charge in [-0.25, -0.2) is 4.98 Å². The van der Waals surface area contributed by atoms with Gasteiger partial charge in [0.25, 0.3) is 0 Å². The van der Waals surface area contributed by atoms with Gasteiger partial charge in [0.1, 0.15) is 5.82 Å². The van der Waals surface area contributed by atoms with Gasteiger partial charge in [-0.15, -0.1) is 0 Å². The maximum absolute atomic E-state index is 12.6. The molecule has 2 aliphatic heterocycles. The van der Waals surface area contributed by atoms with E-state index in [0.717, 1.165) is 57.8 Å². The molecule has 2 aromatic heterocycles. The maximum Gasteiger partial charge on any atom is 0.224 e. The zero-order valence-electron chi connectivity index (χ0n) is 17.1. The minimum atomic E-state index is 0.121. The van der Waals surface area contributed by atoms with Crippen molar-refractivity contribution in [1.82, 2.24) is 30.1 Å². The normalized spacial score (nSPS) is 21.9. The van der Waals surface area contributed by atoms with Crippen molar-refractivity contribution < 1.29 is 4.79 Å². The van der Waals surface area contributed by atoms with E-state index in [2.05, 4.69) is 42.2 Å². The molecule has 0 spiro atoms. The van der Waals surface area contributed by atoms with Crippen LogP contribution in [-0.4, -0.2) is 69.4 Å². The molecule has 0 bridgehead atoms. The van der Waals surface area contributed by atoms with Gasteiger partial charge in [0, 0.05) is 56.9 Å². The Morgan fingerprint density at radius 1 is 1.14 bits per heavy atom. The Balaban J connectivity index is 1.20. The summed E-state index contributed by atoms with van der Waals surface area (Å²) in [6.45, 7) is 5.95. The van der Waals surface area contributed by atoms with E-state index in [1.54, 1.807) is 6.20 Å². The molecule has 2 aromatic rings. The molecule has 0 aromatic carbocycles. The lowest BCUT2D eigenvalue weighted by Gasteiger charge is -2.42. The first-order chi connectivity index (χ1) is 14.3. The van der Waals surface area contributed by atoms with Gasteiger partial charge in [-0.2, -0.15) is 0 Å². The summed E-state index contributed by atoms with van der Waals surface area (Å²) in [6, 6.07) is 4.82. The lowest BCUT2D eigenvalue weighted by Crippen LogP contribution is -2.50. The molecule has 29 heavy (non-hydrogen) atoms. The van der Waals surface area contributed by atoms with Crippen LogP contribution < -0.4 is 5.32 Å². The van der Waals surface area contributed by atoms with Crippen molar-refractivity contribution in [3.63, 3.8) is 0 Å². The number of pyridine rings is 1. The number of likely N-dealkylation sites (tertiary alicyclic amines) is 2. The Morgan fingerprint density at radius 3 is 2.72 bits per heavy atom. The van der Waals surface area contributed by atoms with Crippen LogP contribution in [0.4, 0.5) is 0 Å². The van der Waals surface area contributed by atoms with Crippen LogP contribution >= 0.6 is 0 Å². The zero-order valence-corrected chi connectivity index (χ0v) is 17.1. The number of hydrogen-bond acceptors (Lipinski definition) is 5. The SMILES string of the molecule is O=C(NCCc1ncc[nH]1)C1CCCN(C2CCN(Cc3ccncc3)CC2)C1. The van der Waals surface area contributed by atoms with Crippen LogP contribution in [0.2, 0.25) is 0 Å². The number of imidazole rings is 1. The molecule has 7 nitrogen and oxygen atoms in total. The van der Waals surface area contributed by atoms with Crippen molar-refractivity contribution in [2.75, 3.05) is 32.7 Å². The van der Waals surface area contributed by atoms with E-state index in [0.29, 0.717) is 12.6 Å². The van der Waals surface area contributed by atoms with Crippen molar-refractivity contribution in [2.45, 2.75) is 44.7 Å². The van der Waals surface area contributed by atoms with Crippen LogP contribution in [-0.2, 0) is 17.8 Å². The molecule has 0 saturated carbocycles. The number of aromatic nitrogens is 3. The summed E-state index contributed by atoms with van der Waals surface area (Å²) < 4.78 is 0. The van der Waals surface area contributed by atoms with E-state index < -0.39 is 0 Å². The number of amides is 1. The summed E-state index contributed by atoms with van der Waals surface area (Å²) in [4.78, 5) is 29.1. The van der Waals surface area contributed by atoms with Crippen molar-refractivity contribution in [1.29, 1.82) is 0 Å². The Bertz CT molecular complexity index is 742. The predicted octanol–water partition coefficient (Wildman–Crippen LogP) is 1.84. The van der Waals surface area contributed by atoms with Crippen molar-refractivity contribution in [3.05, 3.63) is 48.3 Å². The number of nitrogens with one attached hydrogen (secondary N) is 2. The van der Waals surface area contributed by atoms with Crippen molar-refractivity contribution >= 4 is 5.91 Å². The minimum absolute atomic E-state index is 0.121. The van der Waals surface area contributed by atoms with E-state index in [-0.39, 0.29) is 11.8 Å². The first-order valence-electron chi connectivity index (χ1n) is 10.9. The first kappa shape index (κ1) is 20.0. The summed E-state index contributed by atoms with van der Waals surface area (Å²) in [7, 11) is 0. The lowest BCUT2D eigenvalue weighted by molar-refractivity contribution is -0.127. The quantitative estimate of drug-likeness (QED) is 0.747. The molecular formula is C22H32N6O. The van der Waals surface area contributed by atoms with Crippen LogP contribution in [0.1, 0.15) is 37.1 Å². The minimum Gasteiger partial charge on any atom is -0.355 e. The molecule has 0 aliphatic carbocycles. The molecule has 1 atom stereocenters.